The number of aromatic hydroxyl groups is 1. The van der Waals surface area contributed by atoms with Crippen molar-refractivity contribution >= 4 is 16.7 Å². The zero-order valence-electron chi connectivity index (χ0n) is 17.4. The Morgan fingerprint density at radius 1 is 0.767 bits per heavy atom. The number of rotatable bonds is 7. The van der Waals surface area contributed by atoms with E-state index in [-0.39, 0.29) is 5.75 Å². The van der Waals surface area contributed by atoms with Gasteiger partial charge in [-0.2, -0.15) is 0 Å². The maximum Gasteiger partial charge on any atom is 0.165 e. The molecule has 5 heteroatoms. The first kappa shape index (κ1) is 19.9. The fraction of sp³-hybridized carbons (Fsp3) is 0.200. The Bertz CT molecular complexity index is 1130. The fourth-order valence-corrected chi connectivity index (χ4v) is 3.47. The maximum absolute atomic E-state index is 10.4. The molecule has 0 aliphatic heterocycles. The number of hydrogen-bond donors (Lipinski definition) is 1. The number of nitrogens with zero attached hydrogens (tertiary/aromatic N) is 4. The van der Waals surface area contributed by atoms with Gasteiger partial charge in [0.2, 0.25) is 0 Å². The fourth-order valence-electron chi connectivity index (χ4n) is 3.47. The van der Waals surface area contributed by atoms with Crippen LogP contribution >= 0.6 is 0 Å². The number of likely N-dealkylation sites (N-methyl/N-ethyl adjacent to an activating group) is 1. The summed E-state index contributed by atoms with van der Waals surface area (Å²) in [7, 11) is 4.15. The van der Waals surface area contributed by atoms with Crippen LogP contribution in [-0.2, 0) is 6.54 Å². The molecule has 4 aromatic rings. The summed E-state index contributed by atoms with van der Waals surface area (Å²) in [6, 6.07) is 25.7. The topological polar surface area (TPSA) is 52.5 Å². The molecule has 1 aromatic heterocycles. The van der Waals surface area contributed by atoms with Crippen molar-refractivity contribution in [2.24, 2.45) is 0 Å². The van der Waals surface area contributed by atoms with Crippen LogP contribution in [0.5, 0.6) is 5.75 Å². The first-order valence-corrected chi connectivity index (χ1v) is 10.1. The quantitative estimate of drug-likeness (QED) is 0.494. The van der Waals surface area contributed by atoms with Crippen LogP contribution in [-0.4, -0.2) is 47.2 Å². The minimum absolute atomic E-state index is 0.182. The van der Waals surface area contributed by atoms with Gasteiger partial charge in [0, 0.05) is 25.0 Å². The molecule has 152 valence electrons. The van der Waals surface area contributed by atoms with Crippen LogP contribution in [0.1, 0.15) is 5.56 Å². The molecule has 4 rings (SSSR count). The second kappa shape index (κ2) is 8.93. The highest BCUT2D eigenvalue weighted by Gasteiger charge is 2.17. The lowest BCUT2D eigenvalue weighted by molar-refractivity contribution is 0.412. The average molecular weight is 399 g/mol. The third-order valence-electron chi connectivity index (χ3n) is 5.06. The molecule has 0 spiro atoms. The molecular weight excluding hydrogens is 372 g/mol. The number of phenolic OH excluding ortho intramolecular Hbond substituents is 1. The number of phenols is 1. The molecule has 0 saturated carbocycles. The van der Waals surface area contributed by atoms with E-state index in [0.717, 1.165) is 36.4 Å². The highest BCUT2D eigenvalue weighted by atomic mass is 16.3. The van der Waals surface area contributed by atoms with Crippen LogP contribution < -0.4 is 4.90 Å². The molecular formula is C25H26N4O. The van der Waals surface area contributed by atoms with Gasteiger partial charge in [0.15, 0.2) is 5.82 Å². The second-order valence-corrected chi connectivity index (χ2v) is 7.62. The van der Waals surface area contributed by atoms with Crippen molar-refractivity contribution in [2.45, 2.75) is 6.54 Å². The van der Waals surface area contributed by atoms with Crippen molar-refractivity contribution in [1.29, 1.82) is 0 Å². The summed E-state index contributed by atoms with van der Waals surface area (Å²) in [6.45, 7) is 2.47. The first-order valence-electron chi connectivity index (χ1n) is 10.1. The number of aromatic nitrogens is 2. The van der Waals surface area contributed by atoms with E-state index in [1.54, 1.807) is 12.1 Å². The third kappa shape index (κ3) is 4.42. The molecule has 0 unspecified atom stereocenters. The summed E-state index contributed by atoms with van der Waals surface area (Å²) in [5.74, 6) is 1.59. The van der Waals surface area contributed by atoms with Gasteiger partial charge in [-0.1, -0.05) is 54.6 Å². The molecule has 1 heterocycles. The summed E-state index contributed by atoms with van der Waals surface area (Å²) in [5.41, 5.74) is 2.73. The molecule has 3 aromatic carbocycles. The van der Waals surface area contributed by atoms with Crippen molar-refractivity contribution in [1.82, 2.24) is 14.9 Å². The minimum atomic E-state index is 0.182. The van der Waals surface area contributed by atoms with E-state index in [0.29, 0.717) is 11.4 Å². The Morgan fingerprint density at radius 3 is 2.23 bits per heavy atom. The Hall–Kier alpha value is -3.44. The summed E-state index contributed by atoms with van der Waals surface area (Å²) in [4.78, 5) is 14.2. The van der Waals surface area contributed by atoms with Crippen LogP contribution in [0.4, 0.5) is 5.82 Å². The predicted octanol–water partition coefficient (Wildman–Crippen LogP) is 4.57. The molecule has 0 amide bonds. The molecule has 0 bridgehead atoms. The average Bonchev–Trinajstić information content (AvgIpc) is 2.77. The van der Waals surface area contributed by atoms with Crippen molar-refractivity contribution < 1.29 is 5.11 Å². The lowest BCUT2D eigenvalue weighted by Gasteiger charge is -2.27. The Morgan fingerprint density at radius 2 is 1.47 bits per heavy atom. The van der Waals surface area contributed by atoms with E-state index in [1.165, 1.54) is 5.56 Å². The smallest absolute Gasteiger partial charge is 0.165 e. The Labute approximate surface area is 177 Å². The lowest BCUT2D eigenvalue weighted by atomic mass is 10.1. The molecule has 0 radical (unpaired) electrons. The summed E-state index contributed by atoms with van der Waals surface area (Å²) < 4.78 is 0. The van der Waals surface area contributed by atoms with Gasteiger partial charge in [-0.3, -0.25) is 0 Å². The van der Waals surface area contributed by atoms with Gasteiger partial charge in [0.05, 0.1) is 11.1 Å². The number of para-hydroxylation sites is 2. The highest BCUT2D eigenvalue weighted by Crippen LogP contribution is 2.32. The van der Waals surface area contributed by atoms with Crippen LogP contribution in [0.25, 0.3) is 22.3 Å². The zero-order chi connectivity index (χ0) is 20.9. The normalized spacial score (nSPS) is 11.2. The number of fused-ring (bicyclic) bond motifs is 1. The lowest BCUT2D eigenvalue weighted by Crippen LogP contribution is -2.32. The van der Waals surface area contributed by atoms with Gasteiger partial charge < -0.3 is 14.9 Å². The van der Waals surface area contributed by atoms with E-state index in [4.69, 9.17) is 9.97 Å². The number of anilines is 1. The van der Waals surface area contributed by atoms with E-state index >= 15 is 0 Å². The van der Waals surface area contributed by atoms with Crippen molar-refractivity contribution in [3.05, 3.63) is 84.4 Å². The van der Waals surface area contributed by atoms with Crippen LogP contribution in [0, 0.1) is 0 Å². The predicted molar refractivity (Wildman–Crippen MR) is 123 cm³/mol. The SMILES string of the molecule is CN(C)CCN(Cc1ccccc1)c1nc(-c2ccccc2O)nc2ccccc12. The van der Waals surface area contributed by atoms with Crippen molar-refractivity contribution in [3.63, 3.8) is 0 Å². The molecule has 0 aliphatic carbocycles. The van der Waals surface area contributed by atoms with E-state index in [9.17, 15) is 5.11 Å². The highest BCUT2D eigenvalue weighted by molar-refractivity contribution is 5.91. The molecule has 0 fully saturated rings. The summed E-state index contributed by atoms with van der Waals surface area (Å²) in [6.07, 6.45) is 0. The number of hydrogen-bond acceptors (Lipinski definition) is 5. The van der Waals surface area contributed by atoms with E-state index < -0.39 is 0 Å². The molecule has 0 saturated heterocycles. The van der Waals surface area contributed by atoms with Crippen LogP contribution in [0.2, 0.25) is 0 Å². The van der Waals surface area contributed by atoms with E-state index in [1.807, 2.05) is 36.4 Å². The molecule has 5 nitrogen and oxygen atoms in total. The van der Waals surface area contributed by atoms with Gasteiger partial charge in [0.25, 0.3) is 0 Å². The van der Waals surface area contributed by atoms with Crippen LogP contribution in [0.15, 0.2) is 78.9 Å². The molecule has 0 aliphatic rings. The van der Waals surface area contributed by atoms with Gasteiger partial charge in [0.1, 0.15) is 11.6 Å². The minimum Gasteiger partial charge on any atom is -0.507 e. The Balaban J connectivity index is 1.85. The van der Waals surface area contributed by atoms with Gasteiger partial charge in [-0.05, 0) is 43.9 Å². The molecule has 0 atom stereocenters. The van der Waals surface area contributed by atoms with Crippen molar-refractivity contribution in [3.8, 4) is 17.1 Å². The molecule has 30 heavy (non-hydrogen) atoms. The van der Waals surface area contributed by atoms with Crippen LogP contribution in [0.3, 0.4) is 0 Å². The Kier molecular flexibility index (Phi) is 5.91. The van der Waals surface area contributed by atoms with Gasteiger partial charge >= 0.3 is 0 Å². The molecule has 1 N–H and O–H groups in total. The zero-order valence-corrected chi connectivity index (χ0v) is 17.4. The summed E-state index contributed by atoms with van der Waals surface area (Å²) in [5, 5.41) is 11.4. The second-order valence-electron chi connectivity index (χ2n) is 7.62. The first-order chi connectivity index (χ1) is 14.6. The van der Waals surface area contributed by atoms with Gasteiger partial charge in [-0.15, -0.1) is 0 Å². The largest absolute Gasteiger partial charge is 0.507 e. The third-order valence-corrected chi connectivity index (χ3v) is 5.06. The monoisotopic (exact) mass is 398 g/mol. The maximum atomic E-state index is 10.4. The number of benzene rings is 3. The van der Waals surface area contributed by atoms with Gasteiger partial charge in [-0.25, -0.2) is 9.97 Å². The summed E-state index contributed by atoms with van der Waals surface area (Å²) >= 11 is 0. The van der Waals surface area contributed by atoms with Crippen molar-refractivity contribution in [2.75, 3.05) is 32.1 Å². The standard InChI is InChI=1S/C25H26N4O/c1-28(2)16-17-29(18-19-10-4-3-5-11-19)25-20-12-6-8-14-22(20)26-24(27-25)21-13-7-9-15-23(21)30/h3-15,30H,16-18H2,1-2H3. The van der Waals surface area contributed by atoms with E-state index in [2.05, 4.69) is 54.2 Å².